The molecule has 1 saturated carbocycles. The minimum Gasteiger partial charge on any atom is -0.384 e. The van der Waals surface area contributed by atoms with Gasteiger partial charge >= 0.3 is 0 Å². The quantitative estimate of drug-likeness (QED) is 0.905. The third-order valence-corrected chi connectivity index (χ3v) is 4.88. The van der Waals surface area contributed by atoms with Gasteiger partial charge in [0.25, 0.3) is 5.89 Å². The Hall–Kier alpha value is -1.84. The Morgan fingerprint density at radius 3 is 2.90 bits per heavy atom. The number of hydrogen-bond donors (Lipinski definition) is 1. The molecule has 2 aromatic rings. The molecule has 21 heavy (non-hydrogen) atoms. The Morgan fingerprint density at radius 1 is 1.19 bits per heavy atom. The highest BCUT2D eigenvalue weighted by Gasteiger charge is 2.24. The van der Waals surface area contributed by atoms with Crippen molar-refractivity contribution in [2.45, 2.75) is 44.9 Å². The van der Waals surface area contributed by atoms with Crippen LogP contribution in [0.1, 0.15) is 49.9 Å². The Kier molecular flexibility index (Phi) is 3.17. The summed E-state index contributed by atoms with van der Waals surface area (Å²) in [7, 11) is 0. The summed E-state index contributed by atoms with van der Waals surface area (Å²) < 4.78 is 5.51. The van der Waals surface area contributed by atoms with Crippen molar-refractivity contribution >= 4 is 5.69 Å². The molecular weight excluding hydrogens is 262 g/mol. The Balaban J connectivity index is 1.57. The molecule has 1 fully saturated rings. The van der Waals surface area contributed by atoms with E-state index in [0.29, 0.717) is 11.8 Å². The number of rotatable bonds is 2. The second-order valence-corrected chi connectivity index (χ2v) is 6.46. The second kappa shape index (κ2) is 5.17. The molecule has 0 saturated heterocycles. The number of hydrogen-bond acceptors (Lipinski definition) is 4. The van der Waals surface area contributed by atoms with E-state index >= 15 is 0 Å². The van der Waals surface area contributed by atoms with Crippen LogP contribution in [0.5, 0.6) is 0 Å². The molecule has 4 rings (SSSR count). The molecule has 0 amide bonds. The van der Waals surface area contributed by atoms with Crippen LogP contribution >= 0.6 is 0 Å². The minimum absolute atomic E-state index is 0.481. The average molecular weight is 283 g/mol. The molecule has 1 aromatic carbocycles. The van der Waals surface area contributed by atoms with Gasteiger partial charge in [-0.25, -0.2) is 0 Å². The fraction of sp³-hybridized carbons (Fsp3) is 0.529. The normalized spacial score (nSPS) is 24.6. The van der Waals surface area contributed by atoms with Crippen LogP contribution in [0.3, 0.4) is 0 Å². The molecular formula is C17H21N3O. The van der Waals surface area contributed by atoms with Crippen molar-refractivity contribution in [1.29, 1.82) is 0 Å². The van der Waals surface area contributed by atoms with Crippen LogP contribution in [0.4, 0.5) is 5.69 Å². The molecule has 0 atom stereocenters. The van der Waals surface area contributed by atoms with Gasteiger partial charge in [-0.15, -0.1) is 0 Å². The van der Waals surface area contributed by atoms with Crippen LogP contribution in [-0.2, 0) is 6.42 Å². The van der Waals surface area contributed by atoms with Gasteiger partial charge in [-0.3, -0.25) is 0 Å². The topological polar surface area (TPSA) is 51.0 Å². The Labute approximate surface area is 124 Å². The SMILES string of the molecule is CC1CCC(c2noc(-c3ccc4c(c3)CCN4)n2)CC1. The van der Waals surface area contributed by atoms with E-state index in [1.54, 1.807) is 0 Å². The monoisotopic (exact) mass is 283 g/mol. The van der Waals surface area contributed by atoms with Crippen molar-refractivity contribution in [2.24, 2.45) is 5.92 Å². The first kappa shape index (κ1) is 12.9. The Morgan fingerprint density at radius 2 is 2.05 bits per heavy atom. The fourth-order valence-electron chi connectivity index (χ4n) is 3.47. The Bertz CT molecular complexity index is 641. The smallest absolute Gasteiger partial charge is 0.257 e. The van der Waals surface area contributed by atoms with E-state index in [9.17, 15) is 0 Å². The molecule has 0 unspecified atom stereocenters. The summed E-state index contributed by atoms with van der Waals surface area (Å²) in [6, 6.07) is 6.36. The maximum atomic E-state index is 5.51. The molecule has 2 heterocycles. The summed E-state index contributed by atoms with van der Waals surface area (Å²) >= 11 is 0. The van der Waals surface area contributed by atoms with E-state index in [4.69, 9.17) is 4.52 Å². The van der Waals surface area contributed by atoms with Gasteiger partial charge in [0.05, 0.1) is 0 Å². The maximum Gasteiger partial charge on any atom is 0.257 e. The van der Waals surface area contributed by atoms with Gasteiger partial charge in [0, 0.05) is 23.7 Å². The summed E-state index contributed by atoms with van der Waals surface area (Å²) in [5.41, 5.74) is 3.62. The molecule has 1 aliphatic heterocycles. The molecule has 0 spiro atoms. The first-order valence-electron chi connectivity index (χ1n) is 8.00. The zero-order chi connectivity index (χ0) is 14.2. The van der Waals surface area contributed by atoms with E-state index in [-0.39, 0.29) is 0 Å². The second-order valence-electron chi connectivity index (χ2n) is 6.46. The summed E-state index contributed by atoms with van der Waals surface area (Å²) in [6.45, 7) is 3.35. The summed E-state index contributed by atoms with van der Waals surface area (Å²) in [5.74, 6) is 2.89. The third-order valence-electron chi connectivity index (χ3n) is 4.88. The van der Waals surface area contributed by atoms with Crippen molar-refractivity contribution in [3.63, 3.8) is 0 Å². The highest BCUT2D eigenvalue weighted by Crippen LogP contribution is 2.35. The first-order chi connectivity index (χ1) is 10.3. The van der Waals surface area contributed by atoms with Gasteiger partial charge in [-0.2, -0.15) is 4.98 Å². The molecule has 0 bridgehead atoms. The van der Waals surface area contributed by atoms with Gasteiger partial charge in [0.15, 0.2) is 5.82 Å². The number of benzene rings is 1. The largest absolute Gasteiger partial charge is 0.384 e. The zero-order valence-corrected chi connectivity index (χ0v) is 12.4. The predicted molar refractivity (Wildman–Crippen MR) is 82.3 cm³/mol. The van der Waals surface area contributed by atoms with Crippen LogP contribution in [0.15, 0.2) is 22.7 Å². The van der Waals surface area contributed by atoms with Crippen LogP contribution in [0, 0.1) is 5.92 Å². The van der Waals surface area contributed by atoms with Crippen molar-refractivity contribution in [2.75, 3.05) is 11.9 Å². The van der Waals surface area contributed by atoms with E-state index in [1.807, 2.05) is 0 Å². The van der Waals surface area contributed by atoms with Crippen molar-refractivity contribution < 1.29 is 4.52 Å². The molecule has 0 radical (unpaired) electrons. The van der Waals surface area contributed by atoms with Crippen LogP contribution < -0.4 is 5.32 Å². The highest BCUT2D eigenvalue weighted by molar-refractivity contribution is 5.64. The fourth-order valence-corrected chi connectivity index (χ4v) is 3.47. The maximum absolute atomic E-state index is 5.51. The first-order valence-corrected chi connectivity index (χ1v) is 8.00. The van der Waals surface area contributed by atoms with E-state index in [0.717, 1.165) is 30.3 Å². The summed E-state index contributed by atoms with van der Waals surface area (Å²) in [5, 5.41) is 7.61. The van der Waals surface area contributed by atoms with Crippen LogP contribution in [0.25, 0.3) is 11.5 Å². The molecule has 1 aromatic heterocycles. The standard InChI is InChI=1S/C17H21N3O/c1-11-2-4-12(5-3-11)16-19-17(21-20-16)14-6-7-15-13(10-14)8-9-18-15/h6-7,10-12,18H,2-5,8-9H2,1H3. The lowest BCUT2D eigenvalue weighted by atomic mass is 9.83. The molecule has 4 heteroatoms. The number of anilines is 1. The van der Waals surface area contributed by atoms with E-state index in [1.165, 1.54) is 36.9 Å². The van der Waals surface area contributed by atoms with Crippen molar-refractivity contribution in [3.05, 3.63) is 29.6 Å². The highest BCUT2D eigenvalue weighted by atomic mass is 16.5. The minimum atomic E-state index is 0.481. The predicted octanol–water partition coefficient (Wildman–Crippen LogP) is 4.00. The summed E-state index contributed by atoms with van der Waals surface area (Å²) in [6.07, 6.45) is 6.01. The van der Waals surface area contributed by atoms with Crippen molar-refractivity contribution in [3.8, 4) is 11.5 Å². The summed E-state index contributed by atoms with van der Waals surface area (Å²) in [4.78, 5) is 4.66. The average Bonchev–Trinajstić information content (AvgIpc) is 3.16. The lowest BCUT2D eigenvalue weighted by Gasteiger charge is -2.23. The van der Waals surface area contributed by atoms with Gasteiger partial charge in [-0.05, 0) is 48.9 Å². The molecule has 110 valence electrons. The number of aromatic nitrogens is 2. The lowest BCUT2D eigenvalue weighted by molar-refractivity contribution is 0.329. The number of nitrogens with zero attached hydrogens (tertiary/aromatic N) is 2. The van der Waals surface area contributed by atoms with Gasteiger partial charge < -0.3 is 9.84 Å². The van der Waals surface area contributed by atoms with Gasteiger partial charge in [0.1, 0.15) is 0 Å². The number of nitrogens with one attached hydrogen (secondary N) is 1. The molecule has 2 aliphatic rings. The van der Waals surface area contributed by atoms with Crippen molar-refractivity contribution in [1.82, 2.24) is 10.1 Å². The van der Waals surface area contributed by atoms with E-state index < -0.39 is 0 Å². The third kappa shape index (κ3) is 2.43. The van der Waals surface area contributed by atoms with E-state index in [2.05, 4.69) is 40.6 Å². The van der Waals surface area contributed by atoms with Gasteiger partial charge in [0.2, 0.25) is 0 Å². The number of fused-ring (bicyclic) bond motifs is 1. The molecule has 1 N–H and O–H groups in total. The van der Waals surface area contributed by atoms with Crippen LogP contribution in [0.2, 0.25) is 0 Å². The van der Waals surface area contributed by atoms with Crippen LogP contribution in [-0.4, -0.2) is 16.7 Å². The zero-order valence-electron chi connectivity index (χ0n) is 12.4. The van der Waals surface area contributed by atoms with Gasteiger partial charge in [-0.1, -0.05) is 24.9 Å². The molecule has 4 nitrogen and oxygen atoms in total. The molecule has 1 aliphatic carbocycles. The lowest BCUT2D eigenvalue weighted by Crippen LogP contribution is -2.11.